The summed E-state index contributed by atoms with van der Waals surface area (Å²) < 4.78 is 16.6. The van der Waals surface area contributed by atoms with Crippen molar-refractivity contribution in [2.75, 3.05) is 26.3 Å². The molecule has 0 saturated carbocycles. The summed E-state index contributed by atoms with van der Waals surface area (Å²) in [5.41, 5.74) is 0.841. The number of esters is 3. The summed E-state index contributed by atoms with van der Waals surface area (Å²) >= 11 is 0. The van der Waals surface area contributed by atoms with Crippen molar-refractivity contribution in [3.8, 4) is 0 Å². The number of carboxylic acid groups (broad SMARTS) is 1. The summed E-state index contributed by atoms with van der Waals surface area (Å²) in [5, 5.41) is 23.9. The Kier molecular flexibility index (Phi) is 49.1. The second-order valence-corrected chi connectivity index (χ2v) is 25.2. The number of ether oxygens (including phenoxy) is 3. The molecule has 508 valence electrons. The molecule has 0 spiro atoms. The van der Waals surface area contributed by atoms with Crippen molar-refractivity contribution in [2.45, 2.75) is 304 Å². The Morgan fingerprint density at radius 3 is 1.20 bits per heavy atom. The molecule has 1 aromatic rings. The molecule has 0 saturated heterocycles. The Morgan fingerprint density at radius 2 is 0.775 bits per heavy atom. The smallest absolute Gasteiger partial charge is 0.328 e. The minimum atomic E-state index is -1.07. The van der Waals surface area contributed by atoms with Gasteiger partial charge in [-0.2, -0.15) is 0 Å². The zero-order valence-electron chi connectivity index (χ0n) is 55.8. The van der Waals surface area contributed by atoms with Crippen LogP contribution < -0.4 is 26.6 Å². The first-order chi connectivity index (χ1) is 42.8. The number of benzene rings is 1. The number of nitrogens with one attached hydrogen (secondary N) is 5. The van der Waals surface area contributed by atoms with Crippen LogP contribution in [0.2, 0.25) is 0 Å². The number of rotatable bonds is 58. The lowest BCUT2D eigenvalue weighted by molar-refractivity contribution is -0.150. The molecule has 89 heavy (non-hydrogen) atoms. The van der Waals surface area contributed by atoms with E-state index >= 15 is 0 Å². The summed E-state index contributed by atoms with van der Waals surface area (Å²) in [4.78, 5) is 124. The Hall–Kier alpha value is -5.88. The predicted octanol–water partition coefficient (Wildman–Crippen LogP) is 12.6. The lowest BCUT2D eigenvalue weighted by Crippen LogP contribution is -2.42. The van der Waals surface area contributed by atoms with E-state index in [1.54, 1.807) is 6.92 Å². The molecule has 6 N–H and O–H groups in total. The zero-order chi connectivity index (χ0) is 65.7. The molecule has 19 heteroatoms. The molecule has 1 aromatic carbocycles. The van der Waals surface area contributed by atoms with Gasteiger partial charge in [0.25, 0.3) is 0 Å². The maximum absolute atomic E-state index is 13.2. The standard InChI is InChI=1S/C70H119N5O14/c1-7-58(51-54(2)3)68(84)87-49-35-20-21-36-50-88-70(86)61(52-55(4)5)75-66(81)46-30-19-13-11-16-27-43-63(78)72-48-34-32-41-60(69(85)89-53-57-38-24-22-25-39-57)74-65(80)45-29-18-12-10-15-26-42-62(77)71-47-33-31-40-59(67(82)83)73-64(79)44-28-17-9-8-14-23-37-56(6)76/h22,24-25,38-39,54-55,58-61H,7-21,23,26-37,40-53H2,1-6H3,(H,71,77)(H,72,78)(H,73,79)(H,74,80)(H,75,81)(H,82,83). The van der Waals surface area contributed by atoms with Crippen LogP contribution in [0.1, 0.15) is 285 Å². The lowest BCUT2D eigenvalue weighted by atomic mass is 9.95. The second-order valence-electron chi connectivity index (χ2n) is 25.2. The molecular formula is C70H119N5O14. The van der Waals surface area contributed by atoms with Gasteiger partial charge in [-0.05, 0) is 146 Å². The van der Waals surface area contributed by atoms with E-state index in [0.717, 1.165) is 134 Å². The normalized spacial score (nSPS) is 12.5. The van der Waals surface area contributed by atoms with Crippen LogP contribution in [0, 0.1) is 17.8 Å². The Labute approximate surface area is 534 Å². The van der Waals surface area contributed by atoms with Crippen LogP contribution in [-0.4, -0.2) is 109 Å². The van der Waals surface area contributed by atoms with Crippen LogP contribution in [0.15, 0.2) is 30.3 Å². The third-order valence-corrected chi connectivity index (χ3v) is 15.7. The fourth-order valence-corrected chi connectivity index (χ4v) is 10.4. The number of unbranched alkanes of at least 4 members (excludes halogenated alkanes) is 20. The van der Waals surface area contributed by atoms with E-state index < -0.39 is 36.0 Å². The summed E-state index contributed by atoms with van der Waals surface area (Å²) in [5.74, 6) is -2.01. The van der Waals surface area contributed by atoms with Gasteiger partial charge in [-0.3, -0.25) is 28.8 Å². The van der Waals surface area contributed by atoms with Gasteiger partial charge in [0.15, 0.2) is 0 Å². The molecule has 0 heterocycles. The van der Waals surface area contributed by atoms with Crippen molar-refractivity contribution >= 4 is 59.2 Å². The number of carboxylic acids is 1. The zero-order valence-corrected chi connectivity index (χ0v) is 55.8. The van der Waals surface area contributed by atoms with Gasteiger partial charge in [0.1, 0.15) is 30.5 Å². The highest BCUT2D eigenvalue weighted by Crippen LogP contribution is 2.18. The van der Waals surface area contributed by atoms with E-state index in [4.69, 9.17) is 14.2 Å². The molecule has 0 fully saturated rings. The predicted molar refractivity (Wildman–Crippen MR) is 348 cm³/mol. The third kappa shape index (κ3) is 47.7. The van der Waals surface area contributed by atoms with Crippen LogP contribution in [0.3, 0.4) is 0 Å². The van der Waals surface area contributed by atoms with E-state index in [9.17, 15) is 53.1 Å². The highest BCUT2D eigenvalue weighted by Gasteiger charge is 2.25. The van der Waals surface area contributed by atoms with Gasteiger partial charge in [-0.15, -0.1) is 0 Å². The van der Waals surface area contributed by atoms with E-state index in [1.165, 1.54) is 0 Å². The molecule has 5 amide bonds. The van der Waals surface area contributed by atoms with E-state index in [2.05, 4.69) is 40.4 Å². The van der Waals surface area contributed by atoms with Gasteiger partial charge in [0, 0.05) is 51.6 Å². The number of carbonyl (C=O) groups excluding carboxylic acids is 9. The first-order valence-electron chi connectivity index (χ1n) is 34.5. The molecule has 0 aliphatic carbocycles. The maximum atomic E-state index is 13.2. The fourth-order valence-electron chi connectivity index (χ4n) is 10.4. The van der Waals surface area contributed by atoms with E-state index in [0.29, 0.717) is 116 Å². The molecule has 0 aliphatic heterocycles. The minimum absolute atomic E-state index is 0.0305. The number of ketones is 1. The minimum Gasteiger partial charge on any atom is -0.480 e. The van der Waals surface area contributed by atoms with Gasteiger partial charge in [0.05, 0.1) is 19.1 Å². The molecule has 19 nitrogen and oxygen atoms in total. The molecule has 0 radical (unpaired) electrons. The largest absolute Gasteiger partial charge is 0.480 e. The highest BCUT2D eigenvalue weighted by molar-refractivity contribution is 5.85. The summed E-state index contributed by atoms with van der Waals surface area (Å²) in [6.07, 6.45) is 26.1. The van der Waals surface area contributed by atoms with Crippen LogP contribution in [0.4, 0.5) is 0 Å². The van der Waals surface area contributed by atoms with Crippen molar-refractivity contribution in [2.24, 2.45) is 17.8 Å². The van der Waals surface area contributed by atoms with Crippen molar-refractivity contribution in [3.05, 3.63) is 35.9 Å². The van der Waals surface area contributed by atoms with Gasteiger partial charge in [-0.25, -0.2) is 14.4 Å². The van der Waals surface area contributed by atoms with Crippen LogP contribution in [-0.2, 0) is 68.8 Å². The first-order valence-corrected chi connectivity index (χ1v) is 34.5. The third-order valence-electron chi connectivity index (χ3n) is 15.7. The van der Waals surface area contributed by atoms with Crippen molar-refractivity contribution in [3.63, 3.8) is 0 Å². The molecule has 4 unspecified atom stereocenters. The second kappa shape index (κ2) is 53.9. The molecular weight excluding hydrogens is 1130 g/mol. The number of hydrogen-bond donors (Lipinski definition) is 6. The quantitative estimate of drug-likeness (QED) is 0.0201. The number of hydrogen-bond acceptors (Lipinski definition) is 13. The molecule has 1 rings (SSSR count). The molecule has 4 atom stereocenters. The average molecular weight is 1250 g/mol. The SMILES string of the molecule is CCC(CC(C)C)C(=O)OCCCCCCOC(=O)C(CC(C)C)NC(=O)CCCCCCCCC(=O)NCCCCC(NC(=O)CCCCCCCCC(=O)NCCCCC(NC(=O)CCCCCCCCC(C)=O)C(=O)O)C(=O)OCc1ccccc1. The van der Waals surface area contributed by atoms with Crippen LogP contribution in [0.5, 0.6) is 0 Å². The molecule has 0 bridgehead atoms. The van der Waals surface area contributed by atoms with Crippen molar-refractivity contribution < 1.29 is 67.3 Å². The monoisotopic (exact) mass is 1250 g/mol. The number of amides is 5. The average Bonchev–Trinajstić information content (AvgIpc) is 3.70. The van der Waals surface area contributed by atoms with Crippen LogP contribution >= 0.6 is 0 Å². The number of aliphatic carboxylic acids is 1. The number of carbonyl (C=O) groups is 10. The van der Waals surface area contributed by atoms with E-state index in [1.807, 2.05) is 51.1 Å². The van der Waals surface area contributed by atoms with Gasteiger partial charge >= 0.3 is 23.9 Å². The van der Waals surface area contributed by atoms with Gasteiger partial charge < -0.3 is 50.7 Å². The first kappa shape index (κ1) is 81.1. The number of Topliss-reactive ketones (excluding diaryl/α,β-unsaturated/α-hetero) is 1. The Bertz CT molecular complexity index is 2120. The summed E-state index contributed by atoms with van der Waals surface area (Å²) in [7, 11) is 0. The Balaban J connectivity index is 2.26. The topological polar surface area (TPSA) is 279 Å². The van der Waals surface area contributed by atoms with Crippen molar-refractivity contribution in [1.82, 2.24) is 26.6 Å². The highest BCUT2D eigenvalue weighted by atomic mass is 16.5. The van der Waals surface area contributed by atoms with E-state index in [-0.39, 0.29) is 85.6 Å². The lowest BCUT2D eigenvalue weighted by Gasteiger charge is -2.19. The Morgan fingerprint density at radius 1 is 0.404 bits per heavy atom. The summed E-state index contributed by atoms with van der Waals surface area (Å²) in [6.45, 7) is 13.5. The maximum Gasteiger partial charge on any atom is 0.328 e. The molecule has 0 aliphatic rings. The van der Waals surface area contributed by atoms with Gasteiger partial charge in [-0.1, -0.05) is 142 Å². The molecule has 0 aromatic heterocycles. The van der Waals surface area contributed by atoms with Gasteiger partial charge in [0.2, 0.25) is 29.5 Å². The summed E-state index contributed by atoms with van der Waals surface area (Å²) in [6, 6.07) is 6.89. The van der Waals surface area contributed by atoms with Crippen LogP contribution in [0.25, 0.3) is 0 Å². The fraction of sp³-hybridized carbons (Fsp3) is 0.771. The van der Waals surface area contributed by atoms with Crippen molar-refractivity contribution in [1.29, 1.82) is 0 Å².